The van der Waals surface area contributed by atoms with Crippen molar-refractivity contribution < 1.29 is 19.0 Å². The number of methoxy groups -OCH3 is 2. The molecule has 0 bridgehead atoms. The highest BCUT2D eigenvalue weighted by molar-refractivity contribution is 7.12. The zero-order valence-corrected chi connectivity index (χ0v) is 15.3. The fourth-order valence-corrected chi connectivity index (χ4v) is 3.13. The largest absolute Gasteiger partial charge is 0.497 e. The molecule has 2 aromatic carbocycles. The average Bonchev–Trinajstić information content (AvgIpc) is 3.16. The Labute approximate surface area is 156 Å². The third-order valence-electron chi connectivity index (χ3n) is 3.70. The number of carbonyl (C=O) groups excluding carboxylic acids is 1. The molecule has 0 atom stereocenters. The Hall–Kier alpha value is -2.99. The normalized spacial score (nSPS) is 10.2. The van der Waals surface area contributed by atoms with E-state index in [2.05, 4.69) is 5.32 Å². The molecule has 26 heavy (non-hydrogen) atoms. The second-order valence-electron chi connectivity index (χ2n) is 5.44. The molecule has 3 rings (SSSR count). The molecule has 0 saturated carbocycles. The van der Waals surface area contributed by atoms with Crippen LogP contribution in [0.5, 0.6) is 17.2 Å². The number of rotatable bonds is 7. The highest BCUT2D eigenvalue weighted by Gasteiger charge is 2.12. The Morgan fingerprint density at radius 3 is 2.46 bits per heavy atom. The summed E-state index contributed by atoms with van der Waals surface area (Å²) in [4.78, 5) is 13.0. The van der Waals surface area contributed by atoms with Gasteiger partial charge in [0.05, 0.1) is 24.8 Å². The SMILES string of the molecule is COc1ccc(OCc2csc(C(=O)Nc3ccccc3OC)c2)cc1. The summed E-state index contributed by atoms with van der Waals surface area (Å²) in [5.74, 6) is 1.98. The molecule has 0 aliphatic heterocycles. The maximum absolute atomic E-state index is 12.4. The molecule has 0 spiro atoms. The van der Waals surface area contributed by atoms with Crippen molar-refractivity contribution in [3.8, 4) is 17.2 Å². The molecule has 6 heteroatoms. The minimum Gasteiger partial charge on any atom is -0.497 e. The molecule has 1 aromatic heterocycles. The first-order valence-corrected chi connectivity index (χ1v) is 8.86. The van der Waals surface area contributed by atoms with E-state index in [0.717, 1.165) is 17.1 Å². The van der Waals surface area contributed by atoms with E-state index in [9.17, 15) is 4.79 Å². The lowest BCUT2D eigenvalue weighted by atomic mass is 10.2. The fraction of sp³-hybridized carbons (Fsp3) is 0.150. The average molecular weight is 369 g/mol. The van der Waals surface area contributed by atoms with Gasteiger partial charge in [0, 0.05) is 5.56 Å². The molecule has 1 amide bonds. The Balaban J connectivity index is 1.60. The van der Waals surface area contributed by atoms with E-state index in [1.807, 2.05) is 47.8 Å². The van der Waals surface area contributed by atoms with Crippen LogP contribution >= 0.6 is 11.3 Å². The lowest BCUT2D eigenvalue weighted by Crippen LogP contribution is -2.11. The molecular formula is C20H19NO4S. The minimum atomic E-state index is -0.171. The summed E-state index contributed by atoms with van der Waals surface area (Å²) in [6, 6.07) is 16.5. The van der Waals surface area contributed by atoms with Crippen LogP contribution in [0.2, 0.25) is 0 Å². The summed E-state index contributed by atoms with van der Waals surface area (Å²) >= 11 is 1.38. The van der Waals surface area contributed by atoms with Gasteiger partial charge in [0.25, 0.3) is 5.91 Å². The van der Waals surface area contributed by atoms with Crippen LogP contribution in [-0.4, -0.2) is 20.1 Å². The standard InChI is InChI=1S/C20H19NO4S/c1-23-15-7-9-16(10-8-15)25-12-14-11-19(26-13-14)20(22)21-17-5-3-4-6-18(17)24-2/h3-11,13H,12H2,1-2H3,(H,21,22). The van der Waals surface area contributed by atoms with Gasteiger partial charge in [-0.1, -0.05) is 12.1 Å². The molecule has 0 fully saturated rings. The highest BCUT2D eigenvalue weighted by atomic mass is 32.1. The van der Waals surface area contributed by atoms with Crippen molar-refractivity contribution in [3.05, 3.63) is 70.4 Å². The van der Waals surface area contributed by atoms with Crippen molar-refractivity contribution in [1.82, 2.24) is 0 Å². The van der Waals surface area contributed by atoms with Gasteiger partial charge in [-0.05, 0) is 47.8 Å². The Morgan fingerprint density at radius 1 is 1.00 bits per heavy atom. The third kappa shape index (κ3) is 4.34. The first-order valence-electron chi connectivity index (χ1n) is 7.98. The summed E-state index contributed by atoms with van der Waals surface area (Å²) in [5, 5.41) is 4.79. The predicted octanol–water partition coefficient (Wildman–Crippen LogP) is 4.60. The monoisotopic (exact) mass is 369 g/mol. The van der Waals surface area contributed by atoms with Crippen LogP contribution in [0.3, 0.4) is 0 Å². The van der Waals surface area contributed by atoms with Crippen molar-refractivity contribution in [2.75, 3.05) is 19.5 Å². The number of hydrogen-bond acceptors (Lipinski definition) is 5. The lowest BCUT2D eigenvalue weighted by Gasteiger charge is -2.08. The van der Waals surface area contributed by atoms with Crippen molar-refractivity contribution in [3.63, 3.8) is 0 Å². The third-order valence-corrected chi connectivity index (χ3v) is 4.68. The van der Waals surface area contributed by atoms with Crippen molar-refractivity contribution in [1.29, 1.82) is 0 Å². The Bertz CT molecular complexity index is 874. The number of carbonyl (C=O) groups is 1. The van der Waals surface area contributed by atoms with Crippen molar-refractivity contribution in [2.24, 2.45) is 0 Å². The van der Waals surface area contributed by atoms with E-state index in [1.54, 1.807) is 26.4 Å². The number of ether oxygens (including phenoxy) is 3. The summed E-state index contributed by atoms with van der Waals surface area (Å²) < 4.78 is 16.1. The number of benzene rings is 2. The van der Waals surface area contributed by atoms with E-state index in [4.69, 9.17) is 14.2 Å². The quantitative estimate of drug-likeness (QED) is 0.661. The number of hydrogen-bond donors (Lipinski definition) is 1. The Kier molecular flexibility index (Phi) is 5.76. The van der Waals surface area contributed by atoms with E-state index < -0.39 is 0 Å². The minimum absolute atomic E-state index is 0.171. The molecule has 0 radical (unpaired) electrons. The predicted molar refractivity (Wildman–Crippen MR) is 103 cm³/mol. The zero-order valence-electron chi connectivity index (χ0n) is 14.5. The number of para-hydroxylation sites is 2. The molecule has 1 heterocycles. The van der Waals surface area contributed by atoms with Gasteiger partial charge in [0.15, 0.2) is 0 Å². The van der Waals surface area contributed by atoms with Gasteiger partial charge in [-0.15, -0.1) is 11.3 Å². The smallest absolute Gasteiger partial charge is 0.265 e. The molecule has 1 N–H and O–H groups in total. The molecule has 0 aliphatic rings. The van der Waals surface area contributed by atoms with Gasteiger partial charge in [-0.3, -0.25) is 4.79 Å². The van der Waals surface area contributed by atoms with Crippen molar-refractivity contribution in [2.45, 2.75) is 6.61 Å². The van der Waals surface area contributed by atoms with Crippen LogP contribution in [-0.2, 0) is 6.61 Å². The Morgan fingerprint density at radius 2 is 1.73 bits per heavy atom. The number of anilines is 1. The first kappa shape index (κ1) is 17.8. The van der Waals surface area contributed by atoms with Crippen LogP contribution in [0.15, 0.2) is 60.0 Å². The number of nitrogens with one attached hydrogen (secondary N) is 1. The molecule has 3 aromatic rings. The molecule has 0 aliphatic carbocycles. The van der Waals surface area contributed by atoms with Crippen LogP contribution in [0.25, 0.3) is 0 Å². The zero-order chi connectivity index (χ0) is 18.4. The van der Waals surface area contributed by atoms with Crippen molar-refractivity contribution >= 4 is 22.9 Å². The van der Waals surface area contributed by atoms with E-state index in [1.165, 1.54) is 11.3 Å². The van der Waals surface area contributed by atoms with Gasteiger partial charge in [-0.25, -0.2) is 0 Å². The fourth-order valence-electron chi connectivity index (χ4n) is 2.34. The molecular weight excluding hydrogens is 350 g/mol. The molecule has 5 nitrogen and oxygen atoms in total. The van der Waals surface area contributed by atoms with E-state index in [-0.39, 0.29) is 5.91 Å². The lowest BCUT2D eigenvalue weighted by molar-refractivity contribution is 0.103. The van der Waals surface area contributed by atoms with Crippen LogP contribution in [0, 0.1) is 0 Å². The maximum atomic E-state index is 12.4. The summed E-state index contributed by atoms with van der Waals surface area (Å²) in [6.07, 6.45) is 0. The second kappa shape index (κ2) is 8.40. The maximum Gasteiger partial charge on any atom is 0.265 e. The van der Waals surface area contributed by atoms with Gasteiger partial charge in [-0.2, -0.15) is 0 Å². The second-order valence-corrected chi connectivity index (χ2v) is 6.35. The number of thiophene rings is 1. The van der Waals surface area contributed by atoms with Gasteiger partial charge in [0.2, 0.25) is 0 Å². The molecule has 134 valence electrons. The van der Waals surface area contributed by atoms with Gasteiger partial charge < -0.3 is 19.5 Å². The van der Waals surface area contributed by atoms with Gasteiger partial charge in [0.1, 0.15) is 23.9 Å². The summed E-state index contributed by atoms with van der Waals surface area (Å²) in [6.45, 7) is 0.394. The number of amides is 1. The summed E-state index contributed by atoms with van der Waals surface area (Å²) in [5.41, 5.74) is 1.58. The van der Waals surface area contributed by atoms with E-state index >= 15 is 0 Å². The molecule has 0 saturated heterocycles. The summed E-state index contributed by atoms with van der Waals surface area (Å²) in [7, 11) is 3.20. The first-order chi connectivity index (χ1) is 12.7. The molecule has 0 unspecified atom stereocenters. The van der Waals surface area contributed by atoms with E-state index in [0.29, 0.717) is 22.9 Å². The topological polar surface area (TPSA) is 56.8 Å². The van der Waals surface area contributed by atoms with Crippen LogP contribution in [0.4, 0.5) is 5.69 Å². The van der Waals surface area contributed by atoms with Crippen LogP contribution in [0.1, 0.15) is 15.2 Å². The van der Waals surface area contributed by atoms with Gasteiger partial charge >= 0.3 is 0 Å². The highest BCUT2D eigenvalue weighted by Crippen LogP contribution is 2.25. The van der Waals surface area contributed by atoms with Crippen LogP contribution < -0.4 is 19.5 Å².